The van der Waals surface area contributed by atoms with E-state index in [1.807, 2.05) is 47.6 Å². The molecule has 2 heterocycles. The van der Waals surface area contributed by atoms with Crippen molar-refractivity contribution >= 4 is 0 Å². The highest BCUT2D eigenvalue weighted by molar-refractivity contribution is 5.45. The van der Waals surface area contributed by atoms with Crippen LogP contribution in [0.25, 0.3) is 0 Å². The third-order valence-corrected chi connectivity index (χ3v) is 7.48. The van der Waals surface area contributed by atoms with Gasteiger partial charge in [-0.2, -0.15) is 0 Å². The number of nitrogens with one attached hydrogen (secondary N) is 1. The molecular weight excluding hydrogens is 557 g/mol. The first-order valence-corrected chi connectivity index (χ1v) is 16.5. The molecule has 0 saturated carbocycles. The molecule has 0 aliphatic carbocycles. The molecule has 0 atom stereocenters. The van der Waals surface area contributed by atoms with Gasteiger partial charge in [-0.3, -0.25) is 0 Å². The maximum absolute atomic E-state index is 12.4. The largest absolute Gasteiger partial charge is 0.573 e. The van der Waals surface area contributed by atoms with E-state index >= 15 is 0 Å². The number of fused-ring (bicyclic) bond motifs is 2. The first-order chi connectivity index (χ1) is 20.8. The van der Waals surface area contributed by atoms with E-state index in [1.165, 1.54) is 13.0 Å². The van der Waals surface area contributed by atoms with Crippen LogP contribution in [0.2, 0.25) is 0 Å². The number of likely N-dealkylation sites (N-methyl/N-ethyl adjacent to an activating group) is 1. The molecule has 0 spiro atoms. The fourth-order valence-electron chi connectivity index (χ4n) is 5.00. The summed E-state index contributed by atoms with van der Waals surface area (Å²) in [5.74, 6) is 0.584. The van der Waals surface area contributed by atoms with Gasteiger partial charge < -0.3 is 15.0 Å². The van der Waals surface area contributed by atoms with E-state index in [2.05, 4.69) is 75.0 Å². The van der Waals surface area contributed by atoms with Crippen LogP contribution < -0.4 is 10.1 Å². The van der Waals surface area contributed by atoms with Gasteiger partial charge in [0.05, 0.1) is 0 Å². The third kappa shape index (κ3) is 14.0. The summed E-state index contributed by atoms with van der Waals surface area (Å²) >= 11 is 0. The number of allylic oxidation sites excluding steroid dienone is 2. The van der Waals surface area contributed by atoms with Crippen LogP contribution >= 0.6 is 0 Å². The van der Waals surface area contributed by atoms with Gasteiger partial charge >= 0.3 is 6.36 Å². The molecule has 6 heteroatoms. The van der Waals surface area contributed by atoms with Gasteiger partial charge in [-0.15, -0.1) is 13.2 Å². The van der Waals surface area contributed by atoms with E-state index in [4.69, 9.17) is 0 Å². The van der Waals surface area contributed by atoms with Crippen LogP contribution in [0, 0.1) is 0 Å². The van der Waals surface area contributed by atoms with Crippen molar-refractivity contribution < 1.29 is 17.9 Å². The summed E-state index contributed by atoms with van der Waals surface area (Å²) in [6, 6.07) is 8.28. The molecule has 0 aromatic heterocycles. The minimum Gasteiger partial charge on any atom is -0.405 e. The van der Waals surface area contributed by atoms with E-state index < -0.39 is 6.36 Å². The fraction of sp³-hybridized carbons (Fsp3) is 0.579. The lowest BCUT2D eigenvalue weighted by molar-refractivity contribution is -0.275. The highest BCUT2D eigenvalue weighted by atomic mass is 19.4. The average Bonchev–Trinajstić information content (AvgIpc) is 3.01. The standard InChI is InChI=1S/C15H23N.C13H16F3NO.C6H10.2C2H6/c1-5-12-8-13-6-7-16(4)10-14(13)9-15(12)11(2)3;1-8(2)11-5-10-7-17-4-3-9(10)6-12(11)18-13(14,15)16;1-4-6(3)5-2;2*1-2/h8-9,11H,5-7,10H2,1-4H3;5-6,8,17H,3-4,7H2,1-2H3;4H,1,3,5H2,2H3;2*1-2H3. The molecule has 0 saturated heterocycles. The monoisotopic (exact) mass is 618 g/mol. The second-order valence-electron chi connectivity index (χ2n) is 11.3. The van der Waals surface area contributed by atoms with Crippen molar-refractivity contribution in [2.75, 3.05) is 20.1 Å². The highest BCUT2D eigenvalue weighted by Crippen LogP contribution is 2.34. The van der Waals surface area contributed by atoms with Crippen LogP contribution in [0.1, 0.15) is 126 Å². The lowest BCUT2D eigenvalue weighted by Crippen LogP contribution is -2.27. The zero-order valence-electron chi connectivity index (χ0n) is 29.6. The summed E-state index contributed by atoms with van der Waals surface area (Å²) in [5.41, 5.74) is 9.96. The Balaban J connectivity index is 0.000000652. The fourth-order valence-corrected chi connectivity index (χ4v) is 5.00. The number of ether oxygens (including phenoxy) is 1. The maximum atomic E-state index is 12.4. The van der Waals surface area contributed by atoms with Crippen LogP contribution in [0.15, 0.2) is 49.1 Å². The summed E-state index contributed by atoms with van der Waals surface area (Å²) in [5, 5.41) is 3.21. The second kappa shape index (κ2) is 21.2. The molecule has 2 aromatic rings. The first kappa shape index (κ1) is 41.4. The van der Waals surface area contributed by atoms with Gasteiger partial charge in [-0.25, -0.2) is 0 Å². The van der Waals surface area contributed by atoms with E-state index in [0.717, 1.165) is 49.1 Å². The Kier molecular flexibility index (Phi) is 20.0. The molecule has 2 aliphatic heterocycles. The van der Waals surface area contributed by atoms with Crippen molar-refractivity contribution in [1.29, 1.82) is 0 Å². The van der Waals surface area contributed by atoms with Crippen LogP contribution in [0.3, 0.4) is 0 Å². The van der Waals surface area contributed by atoms with E-state index in [1.54, 1.807) is 34.4 Å². The van der Waals surface area contributed by atoms with Gasteiger partial charge in [-0.1, -0.05) is 112 Å². The van der Waals surface area contributed by atoms with E-state index in [0.29, 0.717) is 18.0 Å². The number of nitrogens with zero attached hydrogens (tertiary/aromatic N) is 1. The van der Waals surface area contributed by atoms with Crippen LogP contribution in [-0.4, -0.2) is 31.4 Å². The lowest BCUT2D eigenvalue weighted by atomic mass is 9.88. The van der Waals surface area contributed by atoms with Crippen LogP contribution in [0.4, 0.5) is 13.2 Å². The Bertz CT molecular complexity index is 1140. The Morgan fingerprint density at radius 3 is 1.95 bits per heavy atom. The van der Waals surface area contributed by atoms with Gasteiger partial charge in [0.25, 0.3) is 0 Å². The summed E-state index contributed by atoms with van der Waals surface area (Å²) in [7, 11) is 2.21. The minimum atomic E-state index is -4.63. The topological polar surface area (TPSA) is 24.5 Å². The number of benzene rings is 2. The van der Waals surface area contributed by atoms with Crippen molar-refractivity contribution in [3.05, 3.63) is 88.0 Å². The van der Waals surface area contributed by atoms with Gasteiger partial charge in [0.1, 0.15) is 5.75 Å². The molecule has 2 aliphatic rings. The molecule has 2 aromatic carbocycles. The molecule has 44 heavy (non-hydrogen) atoms. The molecule has 0 fully saturated rings. The highest BCUT2D eigenvalue weighted by Gasteiger charge is 2.33. The van der Waals surface area contributed by atoms with Crippen LogP contribution in [-0.2, 0) is 32.4 Å². The van der Waals surface area contributed by atoms with Crippen molar-refractivity contribution in [3.63, 3.8) is 0 Å². The number of rotatable bonds is 6. The number of hydrogen-bond acceptors (Lipinski definition) is 3. The summed E-state index contributed by atoms with van der Waals surface area (Å²) in [6.07, 6.45) is 1.28. The van der Waals surface area contributed by atoms with Crippen molar-refractivity contribution in [3.8, 4) is 5.75 Å². The quantitative estimate of drug-likeness (QED) is 0.326. The summed E-state index contributed by atoms with van der Waals surface area (Å²) in [4.78, 5) is 2.41. The molecule has 0 radical (unpaired) electrons. The molecule has 4 rings (SSSR count). The normalized spacial score (nSPS) is 13.7. The first-order valence-electron chi connectivity index (χ1n) is 16.5. The molecule has 250 valence electrons. The lowest BCUT2D eigenvalue weighted by Gasteiger charge is -2.27. The Morgan fingerprint density at radius 2 is 1.48 bits per heavy atom. The predicted octanol–water partition coefficient (Wildman–Crippen LogP) is 10.9. The van der Waals surface area contributed by atoms with Crippen molar-refractivity contribution in [2.45, 2.75) is 126 Å². The Morgan fingerprint density at radius 1 is 0.909 bits per heavy atom. The number of halogens is 3. The smallest absolute Gasteiger partial charge is 0.405 e. The molecular formula is C38H61F3N2O. The maximum Gasteiger partial charge on any atom is 0.573 e. The molecule has 0 unspecified atom stereocenters. The van der Waals surface area contributed by atoms with E-state index in [-0.39, 0.29) is 11.7 Å². The summed E-state index contributed by atoms with van der Waals surface area (Å²) in [6.45, 7) is 31.7. The number of alkyl halides is 3. The Labute approximate surface area is 268 Å². The van der Waals surface area contributed by atoms with Gasteiger partial charge in [0.15, 0.2) is 0 Å². The predicted molar refractivity (Wildman–Crippen MR) is 185 cm³/mol. The van der Waals surface area contributed by atoms with Gasteiger partial charge in [0.2, 0.25) is 0 Å². The van der Waals surface area contributed by atoms with Gasteiger partial charge in [0, 0.05) is 19.6 Å². The zero-order chi connectivity index (χ0) is 34.0. The van der Waals surface area contributed by atoms with Gasteiger partial charge in [-0.05, 0) is 96.1 Å². The molecule has 0 amide bonds. The van der Waals surface area contributed by atoms with Crippen molar-refractivity contribution in [2.24, 2.45) is 0 Å². The zero-order valence-corrected chi connectivity index (χ0v) is 29.6. The van der Waals surface area contributed by atoms with Crippen molar-refractivity contribution in [1.82, 2.24) is 10.2 Å². The molecule has 0 bridgehead atoms. The summed E-state index contributed by atoms with van der Waals surface area (Å²) < 4.78 is 41.3. The third-order valence-electron chi connectivity index (χ3n) is 7.48. The second-order valence-corrected chi connectivity index (χ2v) is 11.3. The minimum absolute atomic E-state index is 0.00502. The number of hydrogen-bond donors (Lipinski definition) is 1. The average molecular weight is 619 g/mol. The van der Waals surface area contributed by atoms with Crippen LogP contribution in [0.5, 0.6) is 5.75 Å². The molecule has 3 nitrogen and oxygen atoms in total. The molecule has 1 N–H and O–H groups in total. The Hall–Kier alpha value is -2.57. The number of aryl methyl sites for hydroxylation is 1. The van der Waals surface area contributed by atoms with E-state index in [9.17, 15) is 13.2 Å². The SMILES string of the molecule is C=CC(=C)CC.CC.CC.CC(C)c1cc2c(cc1OC(F)(F)F)CCNC2.CCc1cc2c(cc1C(C)C)CN(C)CC2.